The number of fused-ring (bicyclic) bond motifs is 2. The Hall–Kier alpha value is -3.38. The summed E-state index contributed by atoms with van der Waals surface area (Å²) in [5, 5.41) is 0. The predicted molar refractivity (Wildman–Crippen MR) is 123 cm³/mol. The summed E-state index contributed by atoms with van der Waals surface area (Å²) in [6, 6.07) is 21.1. The summed E-state index contributed by atoms with van der Waals surface area (Å²) < 4.78 is 26.1. The monoisotopic (exact) mass is 418 g/mol. The Morgan fingerprint density at radius 1 is 0.933 bits per heavy atom. The first-order chi connectivity index (χ1) is 14.3. The Morgan fingerprint density at radius 3 is 2.40 bits per heavy atom. The lowest BCUT2D eigenvalue weighted by atomic mass is 9.95. The van der Waals surface area contributed by atoms with Crippen LogP contribution in [-0.4, -0.2) is 20.6 Å². The van der Waals surface area contributed by atoms with E-state index in [9.17, 15) is 13.2 Å². The van der Waals surface area contributed by atoms with E-state index in [1.807, 2.05) is 60.7 Å². The Balaban J connectivity index is 1.82. The van der Waals surface area contributed by atoms with Crippen LogP contribution in [0, 0.1) is 0 Å². The van der Waals surface area contributed by atoms with E-state index in [0.29, 0.717) is 12.2 Å². The lowest BCUT2D eigenvalue weighted by molar-refractivity contribution is -0.116. The van der Waals surface area contributed by atoms with Crippen molar-refractivity contribution in [1.29, 1.82) is 0 Å². The smallest absolute Gasteiger partial charge is 0.229 e. The molecule has 0 radical (unpaired) electrons. The van der Waals surface area contributed by atoms with Gasteiger partial charge in [0.1, 0.15) is 0 Å². The number of carbonyl (C=O) groups is 1. The number of carbonyl (C=O) groups excluding carboxylic acids is 1. The molecule has 30 heavy (non-hydrogen) atoms. The van der Waals surface area contributed by atoms with Crippen LogP contribution in [0.2, 0.25) is 0 Å². The van der Waals surface area contributed by atoms with E-state index in [4.69, 9.17) is 0 Å². The minimum Gasteiger partial charge on any atom is -0.308 e. The van der Waals surface area contributed by atoms with Crippen molar-refractivity contribution in [2.45, 2.75) is 13.5 Å². The third-order valence-corrected chi connectivity index (χ3v) is 5.65. The van der Waals surface area contributed by atoms with Crippen molar-refractivity contribution in [3.8, 4) is 11.1 Å². The van der Waals surface area contributed by atoms with E-state index < -0.39 is 10.0 Å². The van der Waals surface area contributed by atoms with Crippen LogP contribution < -0.4 is 9.62 Å². The SMILES string of the molecule is CC(=O)N1Cc2cc(-c3ccccc3NS(C)(=O)=O)ccc2/C=C\c2ccccc21. The lowest BCUT2D eigenvalue weighted by Crippen LogP contribution is -2.29. The molecule has 1 amide bonds. The van der Waals surface area contributed by atoms with Crippen molar-refractivity contribution in [3.05, 3.63) is 83.4 Å². The van der Waals surface area contributed by atoms with Gasteiger partial charge in [-0.05, 0) is 40.5 Å². The molecule has 0 aromatic heterocycles. The summed E-state index contributed by atoms with van der Waals surface area (Å²) in [5.41, 5.74) is 6.06. The molecule has 0 saturated carbocycles. The maximum Gasteiger partial charge on any atom is 0.229 e. The average molecular weight is 419 g/mol. The van der Waals surface area contributed by atoms with Crippen LogP contribution in [-0.2, 0) is 21.4 Å². The summed E-state index contributed by atoms with van der Waals surface area (Å²) in [7, 11) is -3.40. The normalized spacial score (nSPS) is 14.1. The van der Waals surface area contributed by atoms with Crippen LogP contribution in [0.1, 0.15) is 23.6 Å². The van der Waals surface area contributed by atoms with E-state index >= 15 is 0 Å². The van der Waals surface area contributed by atoms with Crippen LogP contribution in [0.5, 0.6) is 0 Å². The quantitative estimate of drug-likeness (QED) is 0.667. The molecule has 0 spiro atoms. The van der Waals surface area contributed by atoms with E-state index in [0.717, 1.165) is 39.8 Å². The molecule has 0 aliphatic carbocycles. The van der Waals surface area contributed by atoms with Gasteiger partial charge in [-0.15, -0.1) is 0 Å². The molecule has 1 N–H and O–H groups in total. The van der Waals surface area contributed by atoms with Crippen molar-refractivity contribution < 1.29 is 13.2 Å². The van der Waals surface area contributed by atoms with Gasteiger partial charge in [-0.25, -0.2) is 8.42 Å². The highest BCUT2D eigenvalue weighted by Gasteiger charge is 2.19. The molecule has 0 bridgehead atoms. The maximum absolute atomic E-state index is 12.4. The molecule has 0 fully saturated rings. The van der Waals surface area contributed by atoms with Crippen molar-refractivity contribution in [1.82, 2.24) is 0 Å². The minimum atomic E-state index is -3.40. The van der Waals surface area contributed by atoms with Crippen LogP contribution in [0.4, 0.5) is 11.4 Å². The molecule has 6 heteroatoms. The molecule has 4 rings (SSSR count). The fraction of sp³-hybridized carbons (Fsp3) is 0.125. The Morgan fingerprint density at radius 2 is 1.63 bits per heavy atom. The summed E-state index contributed by atoms with van der Waals surface area (Å²) in [6.07, 6.45) is 5.20. The fourth-order valence-electron chi connectivity index (χ4n) is 3.69. The number of rotatable bonds is 3. The number of anilines is 2. The highest BCUT2D eigenvalue weighted by Crippen LogP contribution is 2.33. The zero-order valence-electron chi connectivity index (χ0n) is 16.8. The van der Waals surface area contributed by atoms with Crippen LogP contribution >= 0.6 is 0 Å². The zero-order chi connectivity index (χ0) is 21.3. The van der Waals surface area contributed by atoms with E-state index in [-0.39, 0.29) is 5.91 Å². The molecule has 1 aliphatic rings. The van der Waals surface area contributed by atoms with Gasteiger partial charge in [0.05, 0.1) is 24.2 Å². The molecule has 1 aliphatic heterocycles. The molecule has 0 atom stereocenters. The van der Waals surface area contributed by atoms with Gasteiger partial charge in [0, 0.05) is 12.5 Å². The third-order valence-electron chi connectivity index (χ3n) is 5.05. The van der Waals surface area contributed by atoms with Gasteiger partial charge in [0.2, 0.25) is 15.9 Å². The number of para-hydroxylation sites is 2. The summed E-state index contributed by atoms with van der Waals surface area (Å²) in [5.74, 6) is -0.0340. The number of benzene rings is 3. The van der Waals surface area contributed by atoms with Crippen LogP contribution in [0.3, 0.4) is 0 Å². The Kier molecular flexibility index (Phi) is 5.18. The van der Waals surface area contributed by atoms with Crippen LogP contribution in [0.25, 0.3) is 23.3 Å². The molecular weight excluding hydrogens is 396 g/mol. The highest BCUT2D eigenvalue weighted by atomic mass is 32.2. The fourth-order valence-corrected chi connectivity index (χ4v) is 4.26. The minimum absolute atomic E-state index is 0.0340. The Bertz CT molecular complexity index is 1260. The highest BCUT2D eigenvalue weighted by molar-refractivity contribution is 7.92. The van der Waals surface area contributed by atoms with Crippen LogP contribution in [0.15, 0.2) is 66.7 Å². The molecule has 152 valence electrons. The third kappa shape index (κ3) is 4.14. The van der Waals surface area contributed by atoms with Gasteiger partial charge in [-0.2, -0.15) is 0 Å². The van der Waals surface area contributed by atoms with Crippen molar-refractivity contribution >= 4 is 39.5 Å². The zero-order valence-corrected chi connectivity index (χ0v) is 17.6. The first-order valence-corrected chi connectivity index (χ1v) is 11.5. The molecular formula is C24H22N2O3S. The van der Waals surface area contributed by atoms with Crippen molar-refractivity contribution in [3.63, 3.8) is 0 Å². The molecule has 0 unspecified atom stereocenters. The predicted octanol–water partition coefficient (Wildman–Crippen LogP) is 4.76. The summed E-state index contributed by atoms with van der Waals surface area (Å²) in [4.78, 5) is 14.2. The molecule has 3 aromatic rings. The van der Waals surface area contributed by atoms with Crippen molar-refractivity contribution in [2.75, 3.05) is 15.9 Å². The number of nitrogens with one attached hydrogen (secondary N) is 1. The number of sulfonamides is 1. The number of nitrogens with zero attached hydrogens (tertiary/aromatic N) is 1. The van der Waals surface area contributed by atoms with Crippen molar-refractivity contribution in [2.24, 2.45) is 0 Å². The summed E-state index contributed by atoms with van der Waals surface area (Å²) in [6.45, 7) is 2.00. The standard InChI is InChI=1S/C24H22N2O3S/c1-17(27)26-16-21-15-20(22-8-4-5-9-23(22)25-30(2,28)29)14-12-18(21)11-13-19-7-3-6-10-24(19)26/h3-15,25H,16H2,1-2H3/b13-11-. The van der Waals surface area contributed by atoms with Gasteiger partial charge in [-0.3, -0.25) is 9.52 Å². The van der Waals surface area contributed by atoms with E-state index in [2.05, 4.69) is 10.8 Å². The summed E-state index contributed by atoms with van der Waals surface area (Å²) >= 11 is 0. The topological polar surface area (TPSA) is 66.5 Å². The van der Waals surface area contributed by atoms with Gasteiger partial charge >= 0.3 is 0 Å². The molecule has 1 heterocycles. The van der Waals surface area contributed by atoms with Gasteiger partial charge in [0.25, 0.3) is 0 Å². The second kappa shape index (κ2) is 7.80. The first-order valence-electron chi connectivity index (χ1n) is 9.57. The number of hydrogen-bond donors (Lipinski definition) is 1. The second-order valence-corrected chi connectivity index (χ2v) is 9.08. The van der Waals surface area contributed by atoms with E-state index in [1.54, 1.807) is 24.0 Å². The first kappa shape index (κ1) is 19.9. The maximum atomic E-state index is 12.4. The molecule has 0 saturated heterocycles. The number of hydrogen-bond acceptors (Lipinski definition) is 3. The molecule has 3 aromatic carbocycles. The van der Waals surface area contributed by atoms with Gasteiger partial charge in [0.15, 0.2) is 0 Å². The molecule has 5 nitrogen and oxygen atoms in total. The largest absolute Gasteiger partial charge is 0.308 e. The average Bonchev–Trinajstić information content (AvgIpc) is 2.68. The lowest BCUT2D eigenvalue weighted by Gasteiger charge is -2.26. The Labute approximate surface area is 176 Å². The second-order valence-electron chi connectivity index (χ2n) is 7.33. The van der Waals surface area contributed by atoms with E-state index in [1.165, 1.54) is 0 Å². The van der Waals surface area contributed by atoms with Gasteiger partial charge in [-0.1, -0.05) is 60.7 Å². The van der Waals surface area contributed by atoms with Gasteiger partial charge < -0.3 is 4.90 Å². The number of amides is 1.